The number of allylic oxidation sites excluding steroid dienone is 2. The van der Waals surface area contributed by atoms with E-state index in [1.807, 2.05) is 0 Å². The lowest BCUT2D eigenvalue weighted by atomic mass is 9.96. The molecule has 0 aromatic carbocycles. The zero-order valence-electron chi connectivity index (χ0n) is 5.10. The lowest BCUT2D eigenvalue weighted by molar-refractivity contribution is 0.533. The third-order valence-electron chi connectivity index (χ3n) is 1.65. The van der Waals surface area contributed by atoms with Crippen molar-refractivity contribution in [3.8, 4) is 0 Å². The van der Waals surface area contributed by atoms with E-state index in [2.05, 4.69) is 19.1 Å². The van der Waals surface area contributed by atoms with Crippen molar-refractivity contribution < 1.29 is 0 Å². The summed E-state index contributed by atoms with van der Waals surface area (Å²) in [6.45, 7) is 2.20. The Morgan fingerprint density at radius 3 is 2.75 bits per heavy atom. The topological polar surface area (TPSA) is 0 Å². The maximum Gasteiger partial charge on any atom is 0.0541 e. The quantitative estimate of drug-likeness (QED) is 0.349. The van der Waals surface area contributed by atoms with Crippen LogP contribution in [0.2, 0.25) is 0 Å². The van der Waals surface area contributed by atoms with Crippen LogP contribution in [0.25, 0.3) is 0 Å². The number of halogens is 1. The lowest BCUT2D eigenvalue weighted by Gasteiger charge is -2.17. The van der Waals surface area contributed by atoms with E-state index in [-0.39, 0.29) is 0 Å². The molecule has 1 aliphatic rings. The molecule has 0 aliphatic heterocycles. The van der Waals surface area contributed by atoms with Crippen LogP contribution in [0, 0.1) is 5.92 Å². The molecule has 1 heteroatoms. The predicted octanol–water partition coefficient (Wildman–Crippen LogP) is 2.58. The maximum atomic E-state index is 5.88. The monoisotopic (exact) mass is 130 g/mol. The minimum atomic E-state index is 0.295. The van der Waals surface area contributed by atoms with E-state index in [0.29, 0.717) is 11.3 Å². The second-order valence-corrected chi connectivity index (χ2v) is 2.93. The molecule has 0 amide bonds. The summed E-state index contributed by atoms with van der Waals surface area (Å²) in [5.41, 5.74) is 0. The van der Waals surface area contributed by atoms with Crippen LogP contribution in [0.1, 0.15) is 19.8 Å². The van der Waals surface area contributed by atoms with Crippen molar-refractivity contribution in [3.05, 3.63) is 12.2 Å². The zero-order chi connectivity index (χ0) is 5.98. The van der Waals surface area contributed by atoms with Gasteiger partial charge in [-0.05, 0) is 18.8 Å². The molecule has 0 fully saturated rings. The van der Waals surface area contributed by atoms with Gasteiger partial charge in [0.05, 0.1) is 5.38 Å². The molecule has 0 saturated heterocycles. The van der Waals surface area contributed by atoms with E-state index in [1.165, 1.54) is 12.8 Å². The molecule has 1 rings (SSSR count). The highest BCUT2D eigenvalue weighted by Crippen LogP contribution is 2.21. The Hall–Kier alpha value is 0.0300. The van der Waals surface area contributed by atoms with Crippen LogP contribution < -0.4 is 0 Å². The second kappa shape index (κ2) is 2.54. The fraction of sp³-hybridized carbons (Fsp3) is 0.714. The van der Waals surface area contributed by atoms with Gasteiger partial charge in [0.2, 0.25) is 0 Å². The normalized spacial score (nSPS) is 37.8. The van der Waals surface area contributed by atoms with Gasteiger partial charge >= 0.3 is 0 Å². The van der Waals surface area contributed by atoms with Gasteiger partial charge in [0.15, 0.2) is 0 Å². The highest BCUT2D eigenvalue weighted by molar-refractivity contribution is 6.22. The summed E-state index contributed by atoms with van der Waals surface area (Å²) < 4.78 is 0. The molecule has 0 heterocycles. The van der Waals surface area contributed by atoms with Crippen LogP contribution in [0.15, 0.2) is 12.2 Å². The van der Waals surface area contributed by atoms with Crippen molar-refractivity contribution in [1.29, 1.82) is 0 Å². The first kappa shape index (κ1) is 6.15. The van der Waals surface area contributed by atoms with Gasteiger partial charge in [-0.25, -0.2) is 0 Å². The number of hydrogen-bond donors (Lipinski definition) is 0. The van der Waals surface area contributed by atoms with E-state index in [0.717, 1.165) is 0 Å². The van der Waals surface area contributed by atoms with Gasteiger partial charge in [-0.1, -0.05) is 19.1 Å². The summed E-state index contributed by atoms with van der Waals surface area (Å²) in [5, 5.41) is 0.295. The second-order valence-electron chi connectivity index (χ2n) is 2.43. The Morgan fingerprint density at radius 2 is 2.38 bits per heavy atom. The van der Waals surface area contributed by atoms with Crippen molar-refractivity contribution in [2.45, 2.75) is 25.1 Å². The molecule has 2 atom stereocenters. The molecule has 0 N–H and O–H groups in total. The number of rotatable bonds is 0. The van der Waals surface area contributed by atoms with Gasteiger partial charge in [0.1, 0.15) is 0 Å². The summed E-state index contributed by atoms with van der Waals surface area (Å²) in [5.74, 6) is 0.682. The Labute approximate surface area is 55.5 Å². The molecule has 8 heavy (non-hydrogen) atoms. The van der Waals surface area contributed by atoms with Crippen molar-refractivity contribution in [3.63, 3.8) is 0 Å². The Bertz CT molecular complexity index is 96.6. The third-order valence-corrected chi connectivity index (χ3v) is 2.23. The summed E-state index contributed by atoms with van der Waals surface area (Å²) >= 11 is 5.88. The van der Waals surface area contributed by atoms with Crippen LogP contribution in [0.3, 0.4) is 0 Å². The van der Waals surface area contributed by atoms with Crippen molar-refractivity contribution in [1.82, 2.24) is 0 Å². The van der Waals surface area contributed by atoms with Gasteiger partial charge < -0.3 is 0 Å². The molecule has 46 valence electrons. The van der Waals surface area contributed by atoms with Crippen LogP contribution in [-0.4, -0.2) is 5.38 Å². The minimum absolute atomic E-state index is 0.295. The molecule has 1 aliphatic carbocycles. The van der Waals surface area contributed by atoms with Gasteiger partial charge in [0.25, 0.3) is 0 Å². The summed E-state index contributed by atoms with van der Waals surface area (Å²) in [7, 11) is 0. The maximum absolute atomic E-state index is 5.88. The average Bonchev–Trinajstić information content (AvgIpc) is 1.77. The SMILES string of the molecule is C[C@H]1CCC=C[C@@H]1Cl. The molecule has 0 radical (unpaired) electrons. The van der Waals surface area contributed by atoms with Gasteiger partial charge in [0, 0.05) is 0 Å². The molecule has 0 spiro atoms. The molecule has 0 nitrogen and oxygen atoms in total. The Kier molecular flexibility index (Phi) is 1.95. The average molecular weight is 131 g/mol. The van der Waals surface area contributed by atoms with Gasteiger partial charge in [-0.2, -0.15) is 0 Å². The largest absolute Gasteiger partial charge is 0.118 e. The van der Waals surface area contributed by atoms with Crippen LogP contribution in [0.5, 0.6) is 0 Å². The summed E-state index contributed by atoms with van der Waals surface area (Å²) in [4.78, 5) is 0. The summed E-state index contributed by atoms with van der Waals surface area (Å²) in [6, 6.07) is 0. The van der Waals surface area contributed by atoms with Crippen molar-refractivity contribution in [2.24, 2.45) is 5.92 Å². The highest BCUT2D eigenvalue weighted by atomic mass is 35.5. The molecule has 0 aromatic rings. The standard InChI is InChI=1S/C7H11Cl/c1-6-4-2-3-5-7(6)8/h3,5-7H,2,4H2,1H3/t6-,7-/m0/s1. The van der Waals surface area contributed by atoms with Crippen LogP contribution in [-0.2, 0) is 0 Å². The predicted molar refractivity (Wildman–Crippen MR) is 37.2 cm³/mol. The molecule has 0 unspecified atom stereocenters. The molecule has 0 bridgehead atoms. The molecule has 0 aromatic heterocycles. The van der Waals surface area contributed by atoms with Crippen LogP contribution >= 0.6 is 11.6 Å². The highest BCUT2D eigenvalue weighted by Gasteiger charge is 2.12. The van der Waals surface area contributed by atoms with Gasteiger partial charge in [-0.15, -0.1) is 11.6 Å². The smallest absolute Gasteiger partial charge is 0.0541 e. The first-order chi connectivity index (χ1) is 3.80. The first-order valence-corrected chi connectivity index (χ1v) is 3.55. The lowest BCUT2D eigenvalue weighted by Crippen LogP contribution is -2.11. The Morgan fingerprint density at radius 1 is 1.62 bits per heavy atom. The van der Waals surface area contributed by atoms with Crippen molar-refractivity contribution >= 4 is 11.6 Å². The number of alkyl halides is 1. The van der Waals surface area contributed by atoms with E-state index in [1.54, 1.807) is 0 Å². The van der Waals surface area contributed by atoms with Gasteiger partial charge in [-0.3, -0.25) is 0 Å². The third kappa shape index (κ3) is 1.25. The minimum Gasteiger partial charge on any atom is -0.118 e. The molecular formula is C7H11Cl. The fourth-order valence-electron chi connectivity index (χ4n) is 0.934. The van der Waals surface area contributed by atoms with E-state index < -0.39 is 0 Å². The zero-order valence-corrected chi connectivity index (χ0v) is 5.86. The fourth-order valence-corrected chi connectivity index (χ4v) is 1.16. The van der Waals surface area contributed by atoms with E-state index in [9.17, 15) is 0 Å². The van der Waals surface area contributed by atoms with Crippen molar-refractivity contribution in [2.75, 3.05) is 0 Å². The molecular weight excluding hydrogens is 120 g/mol. The summed E-state index contributed by atoms with van der Waals surface area (Å²) in [6.07, 6.45) is 6.72. The Balaban J connectivity index is 2.47. The van der Waals surface area contributed by atoms with Crippen LogP contribution in [0.4, 0.5) is 0 Å². The number of hydrogen-bond acceptors (Lipinski definition) is 0. The van der Waals surface area contributed by atoms with E-state index >= 15 is 0 Å². The first-order valence-electron chi connectivity index (χ1n) is 3.11. The van der Waals surface area contributed by atoms with E-state index in [4.69, 9.17) is 11.6 Å². The molecule has 0 saturated carbocycles.